The van der Waals surface area contributed by atoms with E-state index in [1.54, 1.807) is 30.3 Å². The average Bonchev–Trinajstić information content (AvgIpc) is 3.52. The smallest absolute Gasteiger partial charge is 0.242 e. The van der Waals surface area contributed by atoms with Gasteiger partial charge in [-0.3, -0.25) is 19.3 Å². The van der Waals surface area contributed by atoms with Crippen molar-refractivity contribution in [2.24, 2.45) is 0 Å². The maximum Gasteiger partial charge on any atom is 0.242 e. The van der Waals surface area contributed by atoms with Gasteiger partial charge in [-0.2, -0.15) is 5.10 Å². The fourth-order valence-electron chi connectivity index (χ4n) is 4.06. The zero-order valence-electron chi connectivity index (χ0n) is 20.1. The van der Waals surface area contributed by atoms with Crippen molar-refractivity contribution < 1.29 is 9.59 Å². The van der Waals surface area contributed by atoms with E-state index in [1.165, 1.54) is 0 Å². The Bertz CT molecular complexity index is 1290. The van der Waals surface area contributed by atoms with E-state index in [2.05, 4.69) is 42.8 Å². The summed E-state index contributed by atoms with van der Waals surface area (Å²) in [6.07, 6.45) is 11.0. The van der Waals surface area contributed by atoms with Gasteiger partial charge in [-0.05, 0) is 43.4 Å². The molecule has 3 N–H and O–H groups in total. The highest BCUT2D eigenvalue weighted by atomic mass is 16.2. The number of pyridine rings is 1. The van der Waals surface area contributed by atoms with E-state index >= 15 is 0 Å². The first kappa shape index (κ1) is 24.1. The predicted octanol–water partition coefficient (Wildman–Crippen LogP) is 3.68. The number of nitrogens with zero attached hydrogens (tertiary/aromatic N) is 4. The summed E-state index contributed by atoms with van der Waals surface area (Å²) in [5, 5.41) is 12.2. The third-order valence-electron chi connectivity index (χ3n) is 5.97. The molecule has 9 heteroatoms. The van der Waals surface area contributed by atoms with Crippen molar-refractivity contribution in [3.63, 3.8) is 0 Å². The molecule has 0 aliphatic carbocycles. The fourth-order valence-corrected chi connectivity index (χ4v) is 4.06. The zero-order chi connectivity index (χ0) is 24.6. The second-order valence-corrected chi connectivity index (χ2v) is 8.67. The van der Waals surface area contributed by atoms with Crippen LogP contribution in [0.1, 0.15) is 49.7 Å². The maximum absolute atomic E-state index is 12.8. The number of nitrogens with one attached hydrogen (secondary N) is 3. The first-order valence-corrected chi connectivity index (χ1v) is 11.9. The van der Waals surface area contributed by atoms with Crippen LogP contribution < -0.4 is 10.6 Å². The van der Waals surface area contributed by atoms with Crippen LogP contribution in [0.15, 0.2) is 55.1 Å². The van der Waals surface area contributed by atoms with Crippen LogP contribution in [-0.4, -0.2) is 43.6 Å². The maximum atomic E-state index is 12.8. The van der Waals surface area contributed by atoms with Gasteiger partial charge in [-0.15, -0.1) is 0 Å². The molecule has 4 rings (SSSR count). The van der Waals surface area contributed by atoms with Gasteiger partial charge in [0.25, 0.3) is 0 Å². The van der Waals surface area contributed by atoms with E-state index in [1.807, 2.05) is 31.3 Å². The molecule has 0 bridgehead atoms. The number of aryl methyl sites for hydroxylation is 1. The van der Waals surface area contributed by atoms with Gasteiger partial charge < -0.3 is 15.6 Å². The summed E-state index contributed by atoms with van der Waals surface area (Å²) in [7, 11) is 1.65. The van der Waals surface area contributed by atoms with E-state index in [-0.39, 0.29) is 24.4 Å². The lowest BCUT2D eigenvalue weighted by atomic mass is 10.1. The van der Waals surface area contributed by atoms with Crippen molar-refractivity contribution in [2.45, 2.75) is 51.6 Å². The molecule has 1 atom stereocenters. The molecule has 9 nitrogen and oxygen atoms in total. The van der Waals surface area contributed by atoms with Crippen LogP contribution >= 0.6 is 0 Å². The number of benzene rings is 1. The van der Waals surface area contributed by atoms with Crippen molar-refractivity contribution in [3.8, 4) is 11.3 Å². The summed E-state index contributed by atoms with van der Waals surface area (Å²) in [4.78, 5) is 36.5. The van der Waals surface area contributed by atoms with Crippen LogP contribution in [-0.2, 0) is 16.1 Å². The Hall–Kier alpha value is -4.01. The standard InChI is InChI=1S/C26H31N7O2/c1-18-11-13-33(32-18)17-25(35)30-22(6-4-3-5-7-24(34)27-2)26-29-16-23(31-26)20-9-8-19-10-12-28-15-21(19)14-20/h8-16,22H,3-7,17H2,1-2H3,(H,27,34)(H,29,31)(H,30,35). The molecule has 0 aliphatic rings. The van der Waals surface area contributed by atoms with E-state index in [0.29, 0.717) is 18.7 Å². The number of hydrogen-bond donors (Lipinski definition) is 3. The third kappa shape index (κ3) is 6.53. The Labute approximate surface area is 204 Å². The molecular formula is C26H31N7O2. The first-order valence-electron chi connectivity index (χ1n) is 11.9. The van der Waals surface area contributed by atoms with Gasteiger partial charge in [0.15, 0.2) is 0 Å². The average molecular weight is 474 g/mol. The van der Waals surface area contributed by atoms with Gasteiger partial charge in [-0.25, -0.2) is 4.98 Å². The van der Waals surface area contributed by atoms with E-state index in [9.17, 15) is 9.59 Å². The van der Waals surface area contributed by atoms with Crippen molar-refractivity contribution in [1.82, 2.24) is 35.4 Å². The summed E-state index contributed by atoms with van der Waals surface area (Å²) in [6, 6.07) is 9.77. The Morgan fingerprint density at radius 3 is 2.74 bits per heavy atom. The van der Waals surface area contributed by atoms with Crippen LogP contribution in [0.25, 0.3) is 22.0 Å². The van der Waals surface area contributed by atoms with Crippen LogP contribution in [0, 0.1) is 6.92 Å². The van der Waals surface area contributed by atoms with E-state index < -0.39 is 0 Å². The molecule has 0 saturated carbocycles. The molecule has 3 aromatic heterocycles. The molecule has 4 aromatic rings. The summed E-state index contributed by atoms with van der Waals surface area (Å²) < 4.78 is 1.63. The SMILES string of the molecule is CNC(=O)CCCCCC(NC(=O)Cn1ccc(C)n1)c1ncc(-c2ccc3ccncc3c2)[nH]1. The zero-order valence-corrected chi connectivity index (χ0v) is 20.1. The van der Waals surface area contributed by atoms with Gasteiger partial charge in [0.05, 0.1) is 23.6 Å². The van der Waals surface area contributed by atoms with Crippen molar-refractivity contribution >= 4 is 22.6 Å². The summed E-state index contributed by atoms with van der Waals surface area (Å²) >= 11 is 0. The highest BCUT2D eigenvalue weighted by Crippen LogP contribution is 2.25. The Morgan fingerprint density at radius 2 is 1.94 bits per heavy atom. The number of amides is 2. The minimum absolute atomic E-state index is 0.0469. The summed E-state index contributed by atoms with van der Waals surface area (Å²) in [6.45, 7) is 2.04. The number of carbonyl (C=O) groups is 2. The molecule has 35 heavy (non-hydrogen) atoms. The van der Waals surface area contributed by atoms with E-state index in [0.717, 1.165) is 47.0 Å². The van der Waals surface area contributed by atoms with Crippen LogP contribution in [0.5, 0.6) is 0 Å². The predicted molar refractivity (Wildman–Crippen MR) is 134 cm³/mol. The number of hydrogen-bond acceptors (Lipinski definition) is 5. The molecule has 0 spiro atoms. The lowest BCUT2D eigenvalue weighted by molar-refractivity contribution is -0.123. The third-order valence-corrected chi connectivity index (χ3v) is 5.97. The molecular weight excluding hydrogens is 442 g/mol. The molecule has 0 aliphatic heterocycles. The highest BCUT2D eigenvalue weighted by molar-refractivity contribution is 5.86. The Kier molecular flexibility index (Phi) is 7.87. The van der Waals surface area contributed by atoms with Gasteiger partial charge in [0.2, 0.25) is 11.8 Å². The quantitative estimate of drug-likeness (QED) is 0.287. The Balaban J connectivity index is 1.46. The van der Waals surface area contributed by atoms with Crippen molar-refractivity contribution in [3.05, 3.63) is 66.6 Å². The molecule has 0 fully saturated rings. The molecule has 0 saturated heterocycles. The van der Waals surface area contributed by atoms with Gasteiger partial charge in [-0.1, -0.05) is 25.0 Å². The minimum atomic E-state index is -0.268. The monoisotopic (exact) mass is 473 g/mol. The van der Waals surface area contributed by atoms with Gasteiger partial charge >= 0.3 is 0 Å². The van der Waals surface area contributed by atoms with E-state index in [4.69, 9.17) is 0 Å². The molecule has 1 unspecified atom stereocenters. The Morgan fingerprint density at radius 1 is 1.06 bits per heavy atom. The number of imidazole rings is 1. The number of fused-ring (bicyclic) bond motifs is 1. The largest absolute Gasteiger partial charge is 0.359 e. The number of rotatable bonds is 11. The van der Waals surface area contributed by atoms with Crippen LogP contribution in [0.4, 0.5) is 0 Å². The number of unbranched alkanes of at least 4 members (excludes halogenated alkanes) is 2. The lowest BCUT2D eigenvalue weighted by Crippen LogP contribution is -2.32. The summed E-state index contributed by atoms with van der Waals surface area (Å²) in [5.41, 5.74) is 2.76. The number of aromatic nitrogens is 5. The van der Waals surface area contributed by atoms with Crippen LogP contribution in [0.3, 0.4) is 0 Å². The van der Waals surface area contributed by atoms with Crippen LogP contribution in [0.2, 0.25) is 0 Å². The number of aromatic amines is 1. The van der Waals surface area contributed by atoms with Crippen molar-refractivity contribution in [2.75, 3.05) is 7.05 Å². The minimum Gasteiger partial charge on any atom is -0.359 e. The molecule has 0 radical (unpaired) electrons. The van der Waals surface area contributed by atoms with Crippen molar-refractivity contribution in [1.29, 1.82) is 0 Å². The first-order chi connectivity index (χ1) is 17.0. The molecule has 182 valence electrons. The van der Waals surface area contributed by atoms with Gasteiger partial charge in [0.1, 0.15) is 12.4 Å². The number of carbonyl (C=O) groups excluding carboxylic acids is 2. The fraction of sp³-hybridized carbons (Fsp3) is 0.346. The summed E-state index contributed by atoms with van der Waals surface area (Å²) in [5.74, 6) is 0.631. The second kappa shape index (κ2) is 11.4. The normalized spacial score (nSPS) is 11.9. The second-order valence-electron chi connectivity index (χ2n) is 8.67. The molecule has 3 heterocycles. The molecule has 1 aromatic carbocycles. The topological polar surface area (TPSA) is 118 Å². The highest BCUT2D eigenvalue weighted by Gasteiger charge is 2.19. The lowest BCUT2D eigenvalue weighted by Gasteiger charge is -2.17. The molecule has 2 amide bonds. The number of H-pyrrole nitrogens is 1. The van der Waals surface area contributed by atoms with Gasteiger partial charge in [0, 0.05) is 43.0 Å².